The summed E-state index contributed by atoms with van der Waals surface area (Å²) in [5.41, 5.74) is 6.34. The Morgan fingerprint density at radius 3 is 2.44 bits per heavy atom. The van der Waals surface area contributed by atoms with Crippen LogP contribution in [0.25, 0.3) is 0 Å². The van der Waals surface area contributed by atoms with E-state index in [0.717, 1.165) is 25.6 Å². The van der Waals surface area contributed by atoms with Gasteiger partial charge in [0.1, 0.15) is 5.60 Å². The van der Waals surface area contributed by atoms with Crippen molar-refractivity contribution in [3.05, 3.63) is 0 Å². The number of amides is 1. The van der Waals surface area contributed by atoms with E-state index in [1.165, 1.54) is 19.3 Å². The van der Waals surface area contributed by atoms with Crippen molar-refractivity contribution >= 4 is 6.09 Å². The molecule has 0 radical (unpaired) electrons. The molecule has 0 aromatic carbocycles. The van der Waals surface area contributed by atoms with Crippen LogP contribution in [0, 0.1) is 16.7 Å². The minimum atomic E-state index is -0.387. The van der Waals surface area contributed by atoms with Crippen molar-refractivity contribution in [1.82, 2.24) is 4.90 Å². The second kappa shape index (κ2) is 3.41. The summed E-state index contributed by atoms with van der Waals surface area (Å²) in [5, 5.41) is 0. The number of ether oxygens (including phenoxy) is 1. The predicted molar refractivity (Wildman–Crippen MR) is 69.1 cm³/mol. The Balaban J connectivity index is 1.46. The molecule has 4 nitrogen and oxygen atoms in total. The van der Waals surface area contributed by atoms with Gasteiger partial charge in [-0.05, 0) is 57.9 Å². The molecular formula is C14H24N2O2. The minimum absolute atomic E-state index is 0.153. The molecule has 4 heteroatoms. The van der Waals surface area contributed by atoms with Gasteiger partial charge in [0.15, 0.2) is 0 Å². The molecular weight excluding hydrogens is 228 g/mol. The zero-order valence-electron chi connectivity index (χ0n) is 11.7. The monoisotopic (exact) mass is 252 g/mol. The minimum Gasteiger partial charge on any atom is -0.444 e. The average molecular weight is 252 g/mol. The van der Waals surface area contributed by atoms with Crippen LogP contribution in [0.3, 0.4) is 0 Å². The Bertz CT molecular complexity index is 372. The van der Waals surface area contributed by atoms with Crippen molar-refractivity contribution in [2.45, 2.75) is 45.6 Å². The van der Waals surface area contributed by atoms with Gasteiger partial charge in [-0.1, -0.05) is 0 Å². The van der Waals surface area contributed by atoms with Crippen LogP contribution in [0.5, 0.6) is 0 Å². The summed E-state index contributed by atoms with van der Waals surface area (Å²) >= 11 is 0. The van der Waals surface area contributed by atoms with Crippen LogP contribution in [-0.4, -0.2) is 36.2 Å². The topological polar surface area (TPSA) is 55.6 Å². The summed E-state index contributed by atoms with van der Waals surface area (Å²) in [6, 6.07) is 0. The molecule has 18 heavy (non-hydrogen) atoms. The smallest absolute Gasteiger partial charge is 0.410 e. The number of nitrogens with two attached hydrogens (primary N) is 1. The fourth-order valence-corrected chi connectivity index (χ4v) is 4.08. The van der Waals surface area contributed by atoms with E-state index < -0.39 is 0 Å². The Morgan fingerprint density at radius 1 is 1.39 bits per heavy atom. The van der Waals surface area contributed by atoms with Crippen molar-refractivity contribution < 1.29 is 9.53 Å². The Morgan fingerprint density at radius 2 is 2.00 bits per heavy atom. The van der Waals surface area contributed by atoms with E-state index in [0.29, 0.717) is 10.8 Å². The molecule has 1 unspecified atom stereocenters. The highest BCUT2D eigenvalue weighted by molar-refractivity contribution is 5.69. The lowest BCUT2D eigenvalue weighted by Crippen LogP contribution is -2.65. The maximum Gasteiger partial charge on any atom is 0.410 e. The van der Waals surface area contributed by atoms with E-state index in [1.807, 2.05) is 25.7 Å². The van der Waals surface area contributed by atoms with Gasteiger partial charge >= 0.3 is 6.09 Å². The predicted octanol–water partition coefficient (Wildman–Crippen LogP) is 1.98. The highest BCUT2D eigenvalue weighted by Gasteiger charge is 2.69. The fourth-order valence-electron chi connectivity index (χ4n) is 4.08. The molecule has 1 heterocycles. The van der Waals surface area contributed by atoms with Gasteiger partial charge in [-0.15, -0.1) is 0 Å². The first-order valence-electron chi connectivity index (χ1n) is 6.96. The van der Waals surface area contributed by atoms with Crippen molar-refractivity contribution in [3.8, 4) is 0 Å². The number of hydrogen-bond acceptors (Lipinski definition) is 3. The third-order valence-electron chi connectivity index (χ3n) is 4.80. The van der Waals surface area contributed by atoms with Crippen molar-refractivity contribution in [1.29, 1.82) is 0 Å². The molecule has 3 fully saturated rings. The molecule has 1 amide bonds. The molecule has 3 rings (SSSR count). The summed E-state index contributed by atoms with van der Waals surface area (Å²) in [6.07, 6.45) is 3.72. The first-order valence-corrected chi connectivity index (χ1v) is 6.96. The van der Waals surface area contributed by atoms with E-state index in [4.69, 9.17) is 10.5 Å². The number of rotatable bonds is 1. The maximum atomic E-state index is 11.8. The number of hydrogen-bond donors (Lipinski definition) is 1. The molecule has 1 saturated heterocycles. The van der Waals surface area contributed by atoms with Crippen molar-refractivity contribution in [2.75, 3.05) is 19.6 Å². The molecule has 2 saturated carbocycles. The normalized spacial score (nSPS) is 30.9. The second-order valence-electron chi connectivity index (χ2n) is 7.69. The number of nitrogens with zero attached hydrogens (tertiary/aromatic N) is 1. The molecule has 102 valence electrons. The van der Waals surface area contributed by atoms with E-state index in [2.05, 4.69) is 0 Å². The third kappa shape index (κ3) is 1.81. The summed E-state index contributed by atoms with van der Waals surface area (Å²) < 4.78 is 5.38. The molecule has 2 N–H and O–H groups in total. The van der Waals surface area contributed by atoms with Crippen LogP contribution >= 0.6 is 0 Å². The Kier molecular flexibility index (Phi) is 2.32. The van der Waals surface area contributed by atoms with Gasteiger partial charge in [-0.25, -0.2) is 4.79 Å². The van der Waals surface area contributed by atoms with Crippen LogP contribution in [0.4, 0.5) is 4.79 Å². The lowest BCUT2D eigenvalue weighted by molar-refractivity contribution is -0.108. The Labute approximate surface area is 109 Å². The van der Waals surface area contributed by atoms with Crippen molar-refractivity contribution in [3.63, 3.8) is 0 Å². The van der Waals surface area contributed by atoms with Crippen LogP contribution in [-0.2, 0) is 4.74 Å². The lowest BCUT2D eigenvalue weighted by Gasteiger charge is -2.60. The van der Waals surface area contributed by atoms with Crippen LogP contribution in [0.15, 0.2) is 0 Å². The summed E-state index contributed by atoms with van der Waals surface area (Å²) in [4.78, 5) is 13.7. The maximum absolute atomic E-state index is 11.8. The van der Waals surface area contributed by atoms with E-state index in [1.54, 1.807) is 0 Å². The van der Waals surface area contributed by atoms with Gasteiger partial charge in [0.25, 0.3) is 0 Å². The zero-order chi connectivity index (χ0) is 13.2. The molecule has 0 aromatic rings. The molecule has 2 spiro atoms. The van der Waals surface area contributed by atoms with Crippen LogP contribution < -0.4 is 5.73 Å². The quantitative estimate of drug-likeness (QED) is 0.776. The molecule has 1 aliphatic heterocycles. The molecule has 1 atom stereocenters. The summed E-state index contributed by atoms with van der Waals surface area (Å²) in [5.74, 6) is 0.763. The first-order chi connectivity index (χ1) is 8.28. The number of likely N-dealkylation sites (tertiary alicyclic amines) is 1. The molecule has 0 bridgehead atoms. The molecule has 3 aliphatic rings. The zero-order valence-corrected chi connectivity index (χ0v) is 11.7. The highest BCUT2D eigenvalue weighted by Crippen LogP contribution is 2.73. The average Bonchev–Trinajstić information content (AvgIpc) is 2.81. The van der Waals surface area contributed by atoms with Gasteiger partial charge in [0.05, 0.1) is 0 Å². The highest BCUT2D eigenvalue weighted by atomic mass is 16.6. The summed E-state index contributed by atoms with van der Waals surface area (Å²) in [7, 11) is 0. The summed E-state index contributed by atoms with van der Waals surface area (Å²) in [6.45, 7) is 8.35. The van der Waals surface area contributed by atoms with Crippen LogP contribution in [0.1, 0.15) is 40.0 Å². The Hall–Kier alpha value is -0.770. The van der Waals surface area contributed by atoms with Gasteiger partial charge in [0, 0.05) is 18.5 Å². The van der Waals surface area contributed by atoms with Crippen molar-refractivity contribution in [2.24, 2.45) is 22.5 Å². The largest absolute Gasteiger partial charge is 0.444 e. The molecule has 0 aromatic heterocycles. The van der Waals surface area contributed by atoms with Crippen LogP contribution in [0.2, 0.25) is 0 Å². The number of carbonyl (C=O) groups is 1. The SMILES string of the molecule is CC(C)(C)OC(=O)N1CC2(C1)CC1(CC1CN)C2. The van der Waals surface area contributed by atoms with Gasteiger partial charge in [0.2, 0.25) is 0 Å². The standard InChI is InChI=1S/C14H24N2O2/c1-12(2,3)18-11(17)16-8-13(9-16)6-14(7-13)4-10(14)5-15/h10H,4-9,15H2,1-3H3. The fraction of sp³-hybridized carbons (Fsp3) is 0.929. The van der Waals surface area contributed by atoms with Gasteiger partial charge < -0.3 is 15.4 Å². The van der Waals surface area contributed by atoms with E-state index >= 15 is 0 Å². The number of carbonyl (C=O) groups excluding carboxylic acids is 1. The molecule has 2 aliphatic carbocycles. The van der Waals surface area contributed by atoms with E-state index in [9.17, 15) is 4.79 Å². The van der Waals surface area contributed by atoms with Gasteiger partial charge in [-0.3, -0.25) is 0 Å². The second-order valence-corrected chi connectivity index (χ2v) is 7.69. The first kappa shape index (κ1) is 12.3. The lowest BCUT2D eigenvalue weighted by atomic mass is 9.55. The van der Waals surface area contributed by atoms with Gasteiger partial charge in [-0.2, -0.15) is 0 Å². The third-order valence-corrected chi connectivity index (χ3v) is 4.80. The van der Waals surface area contributed by atoms with E-state index in [-0.39, 0.29) is 11.7 Å².